The number of halogens is 1. The normalized spacial score (nSPS) is 10.4. The Labute approximate surface area is 93.2 Å². The maximum atomic E-state index is 13.7. The highest BCUT2D eigenvalue weighted by Gasteiger charge is 2.08. The number of aliphatic hydroxyl groups excluding tert-OH is 1. The maximum Gasteiger partial charge on any atom is 0.133 e. The first-order valence-electron chi connectivity index (χ1n) is 4.96. The van der Waals surface area contributed by atoms with Crippen LogP contribution in [0.1, 0.15) is 5.56 Å². The summed E-state index contributed by atoms with van der Waals surface area (Å²) in [5.41, 5.74) is 7.73. The maximum absolute atomic E-state index is 13.7. The summed E-state index contributed by atoms with van der Waals surface area (Å²) in [6, 6.07) is 11.7. The second kappa shape index (κ2) is 4.33. The van der Waals surface area contributed by atoms with E-state index in [9.17, 15) is 9.50 Å². The van der Waals surface area contributed by atoms with E-state index in [1.165, 1.54) is 6.07 Å². The molecule has 0 aliphatic heterocycles. The summed E-state index contributed by atoms with van der Waals surface area (Å²) in [4.78, 5) is 0. The van der Waals surface area contributed by atoms with Gasteiger partial charge >= 0.3 is 0 Å². The van der Waals surface area contributed by atoms with Crippen molar-refractivity contribution in [2.75, 3.05) is 5.73 Å². The molecule has 2 aromatic rings. The van der Waals surface area contributed by atoms with Gasteiger partial charge in [0.05, 0.1) is 6.61 Å². The summed E-state index contributed by atoms with van der Waals surface area (Å²) in [5, 5.41) is 9.18. The Kier molecular flexibility index (Phi) is 2.88. The van der Waals surface area contributed by atoms with E-state index >= 15 is 0 Å². The highest BCUT2D eigenvalue weighted by atomic mass is 19.1. The van der Waals surface area contributed by atoms with Crippen molar-refractivity contribution < 1.29 is 9.50 Å². The predicted molar refractivity (Wildman–Crippen MR) is 62.2 cm³/mol. The van der Waals surface area contributed by atoms with Crippen LogP contribution < -0.4 is 5.73 Å². The second-order valence-corrected chi connectivity index (χ2v) is 3.55. The molecule has 0 saturated carbocycles. The molecule has 0 radical (unpaired) electrons. The van der Waals surface area contributed by atoms with Gasteiger partial charge in [0.2, 0.25) is 0 Å². The summed E-state index contributed by atoms with van der Waals surface area (Å²) >= 11 is 0. The Morgan fingerprint density at radius 3 is 2.50 bits per heavy atom. The summed E-state index contributed by atoms with van der Waals surface area (Å²) in [6.45, 7) is -0.111. The lowest BCUT2D eigenvalue weighted by Crippen LogP contribution is -1.93. The van der Waals surface area contributed by atoms with E-state index in [-0.39, 0.29) is 12.4 Å². The average molecular weight is 217 g/mol. The van der Waals surface area contributed by atoms with Crippen LogP contribution in [-0.4, -0.2) is 5.11 Å². The molecule has 0 spiro atoms. The molecule has 0 unspecified atom stereocenters. The first-order chi connectivity index (χ1) is 7.72. The fourth-order valence-corrected chi connectivity index (χ4v) is 1.67. The Balaban J connectivity index is 2.58. The molecule has 0 aromatic heterocycles. The molecule has 0 bridgehead atoms. The van der Waals surface area contributed by atoms with Gasteiger partial charge in [0.25, 0.3) is 0 Å². The number of anilines is 1. The van der Waals surface area contributed by atoms with E-state index in [2.05, 4.69) is 0 Å². The quantitative estimate of drug-likeness (QED) is 0.759. The highest BCUT2D eigenvalue weighted by molar-refractivity contribution is 5.69. The van der Waals surface area contributed by atoms with Crippen molar-refractivity contribution in [1.82, 2.24) is 0 Å². The molecule has 16 heavy (non-hydrogen) atoms. The van der Waals surface area contributed by atoms with Gasteiger partial charge in [0.15, 0.2) is 0 Å². The van der Waals surface area contributed by atoms with Crippen LogP contribution in [0.5, 0.6) is 0 Å². The van der Waals surface area contributed by atoms with Gasteiger partial charge in [-0.25, -0.2) is 4.39 Å². The smallest absolute Gasteiger partial charge is 0.133 e. The zero-order chi connectivity index (χ0) is 11.5. The molecular weight excluding hydrogens is 205 g/mol. The Morgan fingerprint density at radius 2 is 1.81 bits per heavy atom. The van der Waals surface area contributed by atoms with Crippen molar-refractivity contribution in [3.8, 4) is 11.1 Å². The van der Waals surface area contributed by atoms with Crippen molar-refractivity contribution in [2.45, 2.75) is 6.61 Å². The Bertz CT molecular complexity index is 511. The largest absolute Gasteiger partial charge is 0.399 e. The van der Waals surface area contributed by atoms with Crippen LogP contribution in [0.3, 0.4) is 0 Å². The fourth-order valence-electron chi connectivity index (χ4n) is 1.67. The van der Waals surface area contributed by atoms with Crippen molar-refractivity contribution in [2.24, 2.45) is 0 Å². The fraction of sp³-hybridized carbons (Fsp3) is 0.0769. The van der Waals surface area contributed by atoms with E-state index < -0.39 is 0 Å². The summed E-state index contributed by atoms with van der Waals surface area (Å²) in [5.74, 6) is -0.374. The van der Waals surface area contributed by atoms with Crippen LogP contribution in [0.25, 0.3) is 11.1 Å². The van der Waals surface area contributed by atoms with Crippen molar-refractivity contribution in [1.29, 1.82) is 0 Å². The number of nitrogens with two attached hydrogens (primary N) is 1. The Morgan fingerprint density at radius 1 is 1.06 bits per heavy atom. The highest BCUT2D eigenvalue weighted by Crippen LogP contribution is 2.27. The van der Waals surface area contributed by atoms with Crippen LogP contribution in [0.2, 0.25) is 0 Å². The van der Waals surface area contributed by atoms with Gasteiger partial charge in [-0.3, -0.25) is 0 Å². The molecule has 3 heteroatoms. The van der Waals surface area contributed by atoms with E-state index in [0.717, 1.165) is 0 Å². The van der Waals surface area contributed by atoms with Crippen LogP contribution in [0.4, 0.5) is 10.1 Å². The van der Waals surface area contributed by atoms with Gasteiger partial charge in [0.1, 0.15) is 5.82 Å². The lowest BCUT2D eigenvalue weighted by molar-refractivity contribution is 0.282. The van der Waals surface area contributed by atoms with Gasteiger partial charge in [-0.1, -0.05) is 24.3 Å². The van der Waals surface area contributed by atoms with E-state index in [1.807, 2.05) is 12.1 Å². The minimum absolute atomic E-state index is 0.111. The third kappa shape index (κ3) is 1.90. The molecule has 0 amide bonds. The second-order valence-electron chi connectivity index (χ2n) is 3.55. The van der Waals surface area contributed by atoms with Gasteiger partial charge in [-0.2, -0.15) is 0 Å². The molecule has 2 nitrogen and oxygen atoms in total. The summed E-state index contributed by atoms with van der Waals surface area (Å²) in [7, 11) is 0. The number of hydrogen-bond donors (Lipinski definition) is 2. The van der Waals surface area contributed by atoms with Gasteiger partial charge in [-0.05, 0) is 29.3 Å². The molecule has 0 saturated heterocycles. The van der Waals surface area contributed by atoms with Crippen molar-refractivity contribution >= 4 is 5.69 Å². The van der Waals surface area contributed by atoms with Gasteiger partial charge < -0.3 is 10.8 Å². The zero-order valence-electron chi connectivity index (χ0n) is 8.65. The summed E-state index contributed by atoms with van der Waals surface area (Å²) in [6.07, 6.45) is 0. The minimum atomic E-state index is -0.374. The third-order valence-electron chi connectivity index (χ3n) is 2.47. The standard InChI is InChI=1S/C13H12FNO/c14-13-7-10(15)5-6-12(13)11-4-2-1-3-9(11)8-16/h1-7,16H,8,15H2. The van der Waals surface area contributed by atoms with Crippen molar-refractivity contribution in [3.05, 3.63) is 53.8 Å². The molecule has 0 atom stereocenters. The Hall–Kier alpha value is -1.87. The molecule has 0 aliphatic carbocycles. The van der Waals surface area contributed by atoms with E-state index in [4.69, 9.17) is 5.73 Å². The van der Waals surface area contributed by atoms with Crippen molar-refractivity contribution in [3.63, 3.8) is 0 Å². The van der Waals surface area contributed by atoms with Crippen LogP contribution >= 0.6 is 0 Å². The van der Waals surface area contributed by atoms with Crippen LogP contribution in [-0.2, 0) is 6.61 Å². The van der Waals surface area contributed by atoms with Crippen LogP contribution in [0, 0.1) is 5.82 Å². The SMILES string of the molecule is Nc1ccc(-c2ccccc2CO)c(F)c1. The predicted octanol–water partition coefficient (Wildman–Crippen LogP) is 2.57. The lowest BCUT2D eigenvalue weighted by atomic mass is 9.99. The first kappa shape index (κ1) is 10.6. The van der Waals surface area contributed by atoms with Gasteiger partial charge in [-0.15, -0.1) is 0 Å². The van der Waals surface area contributed by atoms with E-state index in [0.29, 0.717) is 22.4 Å². The molecule has 3 N–H and O–H groups in total. The van der Waals surface area contributed by atoms with Crippen LogP contribution in [0.15, 0.2) is 42.5 Å². The first-order valence-corrected chi connectivity index (χ1v) is 4.96. The monoisotopic (exact) mass is 217 g/mol. The number of benzene rings is 2. The molecule has 2 aromatic carbocycles. The summed E-state index contributed by atoms with van der Waals surface area (Å²) < 4.78 is 13.7. The number of hydrogen-bond acceptors (Lipinski definition) is 2. The molecule has 2 rings (SSSR count). The number of aliphatic hydroxyl groups is 1. The molecule has 0 fully saturated rings. The zero-order valence-corrected chi connectivity index (χ0v) is 8.65. The van der Waals surface area contributed by atoms with E-state index in [1.54, 1.807) is 24.3 Å². The van der Waals surface area contributed by atoms with Gasteiger partial charge in [0, 0.05) is 11.3 Å². The molecule has 82 valence electrons. The number of nitrogen functional groups attached to an aromatic ring is 1. The molecular formula is C13H12FNO. The lowest BCUT2D eigenvalue weighted by Gasteiger charge is -2.08. The molecule has 0 aliphatic rings. The number of rotatable bonds is 2. The minimum Gasteiger partial charge on any atom is -0.399 e. The third-order valence-corrected chi connectivity index (χ3v) is 2.47. The average Bonchev–Trinajstić information content (AvgIpc) is 2.29. The molecule has 0 heterocycles. The topological polar surface area (TPSA) is 46.2 Å².